The summed E-state index contributed by atoms with van der Waals surface area (Å²) in [5, 5.41) is 0.534. The fourth-order valence-electron chi connectivity index (χ4n) is 4.29. The molecule has 0 aliphatic carbocycles. The van der Waals surface area contributed by atoms with Crippen molar-refractivity contribution in [2.45, 2.75) is 45.6 Å². The van der Waals surface area contributed by atoms with Crippen LogP contribution in [0.1, 0.15) is 51.1 Å². The van der Waals surface area contributed by atoms with Crippen LogP contribution in [0.25, 0.3) is 0 Å². The van der Waals surface area contributed by atoms with E-state index >= 15 is 0 Å². The van der Waals surface area contributed by atoms with E-state index in [1.54, 1.807) is 7.11 Å². The molecule has 1 unspecified atom stereocenters. The van der Waals surface area contributed by atoms with Gasteiger partial charge in [0.1, 0.15) is 5.75 Å². The lowest BCUT2D eigenvalue weighted by atomic mass is 9.91. The topological polar surface area (TPSA) is 32.8 Å². The smallest absolute Gasteiger partial charge is 0.226 e. The number of benzene rings is 2. The van der Waals surface area contributed by atoms with Gasteiger partial charge >= 0.3 is 0 Å². The lowest BCUT2D eigenvalue weighted by Crippen LogP contribution is -2.37. The minimum atomic E-state index is 0.131. The first kappa shape index (κ1) is 22.6. The maximum Gasteiger partial charge on any atom is 0.226 e. The molecule has 1 aliphatic rings. The summed E-state index contributed by atoms with van der Waals surface area (Å²) < 4.78 is 5.24. The molecular formula is C25H33ClN2O2. The number of halogens is 1. The van der Waals surface area contributed by atoms with Gasteiger partial charge in [-0.1, -0.05) is 48.9 Å². The van der Waals surface area contributed by atoms with Gasteiger partial charge in [-0.25, -0.2) is 0 Å². The summed E-state index contributed by atoms with van der Waals surface area (Å²) >= 11 is 6.30. The molecule has 1 saturated heterocycles. The highest BCUT2D eigenvalue weighted by Crippen LogP contribution is 2.31. The third-order valence-electron chi connectivity index (χ3n) is 6.29. The van der Waals surface area contributed by atoms with Gasteiger partial charge in [0.15, 0.2) is 0 Å². The van der Waals surface area contributed by atoms with Gasteiger partial charge in [0.2, 0.25) is 5.91 Å². The number of hydrogen-bond donors (Lipinski definition) is 0. The van der Waals surface area contributed by atoms with Gasteiger partial charge in [0.25, 0.3) is 0 Å². The van der Waals surface area contributed by atoms with Crippen LogP contribution in [0.2, 0.25) is 5.02 Å². The van der Waals surface area contributed by atoms with Gasteiger partial charge in [0.05, 0.1) is 12.1 Å². The van der Waals surface area contributed by atoms with E-state index < -0.39 is 0 Å². The van der Waals surface area contributed by atoms with Crippen molar-refractivity contribution in [1.82, 2.24) is 4.90 Å². The van der Waals surface area contributed by atoms with Gasteiger partial charge in [-0.15, -0.1) is 0 Å². The molecule has 1 heterocycles. The number of ether oxygens (including phenoxy) is 1. The van der Waals surface area contributed by atoms with Crippen LogP contribution in [0.4, 0.5) is 5.69 Å². The summed E-state index contributed by atoms with van der Waals surface area (Å²) in [7, 11) is 1.60. The van der Waals surface area contributed by atoms with Crippen LogP contribution < -0.4 is 9.64 Å². The number of carbonyl (C=O) groups excluding carboxylic acids is 1. The van der Waals surface area contributed by atoms with Gasteiger partial charge in [-0.2, -0.15) is 0 Å². The second-order valence-corrected chi connectivity index (χ2v) is 8.48. The minimum Gasteiger partial charge on any atom is -0.495 e. The molecule has 0 bridgehead atoms. The molecule has 0 saturated carbocycles. The zero-order chi connectivity index (χ0) is 21.5. The first-order chi connectivity index (χ1) is 14.5. The van der Waals surface area contributed by atoms with E-state index in [1.165, 1.54) is 18.4 Å². The maximum atomic E-state index is 12.6. The predicted molar refractivity (Wildman–Crippen MR) is 124 cm³/mol. The van der Waals surface area contributed by atoms with Crippen molar-refractivity contribution in [3.63, 3.8) is 0 Å². The Bertz CT molecular complexity index is 819. The highest BCUT2D eigenvalue weighted by molar-refractivity contribution is 6.32. The van der Waals surface area contributed by atoms with E-state index in [9.17, 15) is 4.79 Å². The highest BCUT2D eigenvalue weighted by Gasteiger charge is 2.25. The molecule has 1 fully saturated rings. The van der Waals surface area contributed by atoms with Crippen molar-refractivity contribution < 1.29 is 9.53 Å². The van der Waals surface area contributed by atoms with Crippen LogP contribution >= 0.6 is 11.6 Å². The van der Waals surface area contributed by atoms with Crippen molar-refractivity contribution in [1.29, 1.82) is 0 Å². The predicted octanol–water partition coefficient (Wildman–Crippen LogP) is 5.95. The summed E-state index contributed by atoms with van der Waals surface area (Å²) in [5.41, 5.74) is 2.23. The van der Waals surface area contributed by atoms with Crippen LogP contribution in [0.15, 0.2) is 48.5 Å². The lowest BCUT2D eigenvalue weighted by Gasteiger charge is -2.37. The second kappa shape index (κ2) is 10.8. The Kier molecular flexibility index (Phi) is 8.17. The highest BCUT2D eigenvalue weighted by atomic mass is 35.5. The standard InChI is InChI=1S/C25H33ClN2O2/c1-4-25(29)28(22-10-11-24(30-3)23(26)18-22)17-14-20-12-15-27(16-13-20)19(2)21-8-6-5-7-9-21/h5-11,18-20H,4,12-17H2,1-3H3. The molecule has 0 N–H and O–H groups in total. The Hall–Kier alpha value is -2.04. The number of rotatable bonds is 8. The number of piperidine rings is 1. The number of carbonyl (C=O) groups is 1. The van der Waals surface area contributed by atoms with Crippen molar-refractivity contribution in [2.24, 2.45) is 5.92 Å². The zero-order valence-corrected chi connectivity index (χ0v) is 19.1. The van der Waals surface area contributed by atoms with E-state index in [1.807, 2.05) is 30.0 Å². The molecule has 0 radical (unpaired) electrons. The molecule has 2 aromatic rings. The van der Waals surface area contributed by atoms with E-state index in [0.717, 1.165) is 31.7 Å². The summed E-state index contributed by atoms with van der Waals surface area (Å²) in [4.78, 5) is 17.0. The molecule has 1 aliphatic heterocycles. The monoisotopic (exact) mass is 428 g/mol. The van der Waals surface area contributed by atoms with Crippen LogP contribution in [-0.2, 0) is 4.79 Å². The number of likely N-dealkylation sites (tertiary alicyclic amines) is 1. The molecule has 0 aromatic heterocycles. The number of amides is 1. The lowest BCUT2D eigenvalue weighted by molar-refractivity contribution is -0.118. The SMILES string of the molecule is CCC(=O)N(CCC1CCN(C(C)c2ccccc2)CC1)c1ccc(OC)c(Cl)c1. The van der Waals surface area contributed by atoms with Crippen molar-refractivity contribution in [2.75, 3.05) is 31.6 Å². The van der Waals surface area contributed by atoms with E-state index in [0.29, 0.717) is 29.2 Å². The number of methoxy groups -OCH3 is 1. The van der Waals surface area contributed by atoms with Crippen molar-refractivity contribution in [3.05, 3.63) is 59.1 Å². The van der Waals surface area contributed by atoms with Crippen molar-refractivity contribution >= 4 is 23.2 Å². The van der Waals surface area contributed by atoms with Crippen LogP contribution in [0, 0.1) is 5.92 Å². The molecule has 4 nitrogen and oxygen atoms in total. The molecule has 30 heavy (non-hydrogen) atoms. The third-order valence-corrected chi connectivity index (χ3v) is 6.59. The summed E-state index contributed by atoms with van der Waals surface area (Å²) in [6, 6.07) is 16.8. The molecule has 162 valence electrons. The number of nitrogens with zero attached hydrogens (tertiary/aromatic N) is 2. The first-order valence-electron chi connectivity index (χ1n) is 11.0. The average molecular weight is 429 g/mol. The molecule has 2 aromatic carbocycles. The molecule has 5 heteroatoms. The Morgan fingerprint density at radius 2 is 1.90 bits per heavy atom. The number of hydrogen-bond acceptors (Lipinski definition) is 3. The largest absolute Gasteiger partial charge is 0.495 e. The summed E-state index contributed by atoms with van der Waals surface area (Å²) in [6.07, 6.45) is 3.85. The Morgan fingerprint density at radius 1 is 1.20 bits per heavy atom. The zero-order valence-electron chi connectivity index (χ0n) is 18.3. The van der Waals surface area contributed by atoms with Crippen LogP contribution in [-0.4, -0.2) is 37.6 Å². The Labute approximate surface area is 185 Å². The molecule has 1 amide bonds. The average Bonchev–Trinajstić information content (AvgIpc) is 2.79. The van der Waals surface area contributed by atoms with E-state index in [-0.39, 0.29) is 5.91 Å². The van der Waals surface area contributed by atoms with Crippen LogP contribution in [0.5, 0.6) is 5.75 Å². The van der Waals surface area contributed by atoms with Crippen LogP contribution in [0.3, 0.4) is 0 Å². The van der Waals surface area contributed by atoms with Gasteiger partial charge in [-0.3, -0.25) is 9.69 Å². The molecular weight excluding hydrogens is 396 g/mol. The first-order valence-corrected chi connectivity index (χ1v) is 11.3. The third kappa shape index (κ3) is 5.55. The Balaban J connectivity index is 1.57. The fourth-order valence-corrected chi connectivity index (χ4v) is 4.55. The number of anilines is 1. The fraction of sp³-hybridized carbons (Fsp3) is 0.480. The van der Waals surface area contributed by atoms with Gasteiger partial charge in [0, 0.05) is 24.7 Å². The van der Waals surface area contributed by atoms with E-state index in [4.69, 9.17) is 16.3 Å². The van der Waals surface area contributed by atoms with Crippen molar-refractivity contribution in [3.8, 4) is 5.75 Å². The Morgan fingerprint density at radius 3 is 2.50 bits per heavy atom. The van der Waals surface area contributed by atoms with Gasteiger partial charge < -0.3 is 9.64 Å². The van der Waals surface area contributed by atoms with E-state index in [2.05, 4.69) is 42.2 Å². The quantitative estimate of drug-likeness (QED) is 0.520. The molecule has 3 rings (SSSR count). The molecule has 0 spiro atoms. The molecule has 1 atom stereocenters. The minimum absolute atomic E-state index is 0.131. The normalized spacial score (nSPS) is 16.3. The summed E-state index contributed by atoms with van der Waals surface area (Å²) in [6.45, 7) is 7.15. The van der Waals surface area contributed by atoms with Gasteiger partial charge in [-0.05, 0) is 69.0 Å². The maximum absolute atomic E-state index is 12.6. The summed E-state index contributed by atoms with van der Waals surface area (Å²) in [5.74, 6) is 1.40. The second-order valence-electron chi connectivity index (χ2n) is 8.07.